The van der Waals surface area contributed by atoms with Crippen LogP contribution >= 0.6 is 0 Å². The quantitative estimate of drug-likeness (QED) is 0.542. The van der Waals surface area contributed by atoms with Crippen molar-refractivity contribution in [3.63, 3.8) is 0 Å². The number of nitrogens with one attached hydrogen (secondary N) is 1. The lowest BCUT2D eigenvalue weighted by molar-refractivity contribution is -0.616. The average molecular weight is 470 g/mol. The molecule has 6 nitrogen and oxygen atoms in total. The highest BCUT2D eigenvalue weighted by molar-refractivity contribution is 5.83. The first-order valence-electron chi connectivity index (χ1n) is 12.0. The Morgan fingerprint density at radius 1 is 1.36 bits per heavy atom. The number of nitrogens with zero attached hydrogens (tertiary/aromatic N) is 2. The van der Waals surface area contributed by atoms with Crippen molar-refractivity contribution in [2.45, 2.75) is 77.7 Å². The molecule has 9 heteroatoms. The number of rotatable bonds is 4. The smallest absolute Gasteiger partial charge is 0.422 e. The van der Waals surface area contributed by atoms with Crippen LogP contribution in [0.1, 0.15) is 63.3 Å². The maximum Gasteiger partial charge on any atom is 0.422 e. The minimum absolute atomic E-state index is 0.00216. The second-order valence-electron chi connectivity index (χ2n) is 10.4. The van der Waals surface area contributed by atoms with Gasteiger partial charge in [0.25, 0.3) is 0 Å². The van der Waals surface area contributed by atoms with Crippen molar-refractivity contribution in [1.29, 1.82) is 0 Å². The van der Waals surface area contributed by atoms with Gasteiger partial charge in [0.05, 0.1) is 25.0 Å². The number of hydrogen-bond donors (Lipinski definition) is 1. The van der Waals surface area contributed by atoms with Gasteiger partial charge in [0.15, 0.2) is 11.9 Å². The number of hydrogen-bond acceptors (Lipinski definition) is 4. The Balaban J connectivity index is 1.51. The molecular weight excluding hydrogens is 435 g/mol. The van der Waals surface area contributed by atoms with Gasteiger partial charge in [0.2, 0.25) is 5.91 Å². The Hall–Kier alpha value is -1.87. The van der Waals surface area contributed by atoms with E-state index in [2.05, 4.69) is 26.1 Å². The zero-order chi connectivity index (χ0) is 24.0. The highest BCUT2D eigenvalue weighted by Crippen LogP contribution is 2.47. The molecule has 4 atom stereocenters. The number of ether oxygens (including phenoxy) is 1. The van der Waals surface area contributed by atoms with Crippen molar-refractivity contribution < 1.29 is 27.4 Å². The molecule has 1 aromatic heterocycles. The van der Waals surface area contributed by atoms with Crippen molar-refractivity contribution >= 4 is 5.91 Å². The maximum absolute atomic E-state index is 13.8. The van der Waals surface area contributed by atoms with Crippen LogP contribution in [-0.2, 0) is 28.7 Å². The molecule has 2 aliphatic heterocycles. The summed E-state index contributed by atoms with van der Waals surface area (Å²) in [5.41, 5.74) is -0.898. The number of fused-ring (bicyclic) bond motifs is 1. The highest BCUT2D eigenvalue weighted by atomic mass is 19.4. The van der Waals surface area contributed by atoms with E-state index in [9.17, 15) is 23.2 Å². The van der Waals surface area contributed by atoms with Crippen molar-refractivity contribution in [2.75, 3.05) is 19.8 Å². The zero-order valence-electron chi connectivity index (χ0n) is 19.6. The molecule has 4 rings (SSSR count). The third kappa shape index (κ3) is 4.71. The van der Waals surface area contributed by atoms with Gasteiger partial charge in [-0.3, -0.25) is 4.79 Å². The predicted octanol–water partition coefficient (Wildman–Crippen LogP) is 3.43. The van der Waals surface area contributed by atoms with Crippen LogP contribution in [0.2, 0.25) is 0 Å². The van der Waals surface area contributed by atoms with Gasteiger partial charge in [-0.25, -0.2) is 0 Å². The van der Waals surface area contributed by atoms with Crippen LogP contribution in [-0.4, -0.2) is 42.6 Å². The summed E-state index contributed by atoms with van der Waals surface area (Å²) in [6.45, 7) is 8.18. The van der Waals surface area contributed by atoms with E-state index in [0.717, 1.165) is 45.0 Å². The van der Waals surface area contributed by atoms with Gasteiger partial charge < -0.3 is 20.2 Å². The van der Waals surface area contributed by atoms with E-state index in [1.54, 1.807) is 4.90 Å². The van der Waals surface area contributed by atoms with Crippen LogP contribution in [0.4, 0.5) is 13.2 Å². The van der Waals surface area contributed by atoms with Crippen LogP contribution in [0.3, 0.4) is 0 Å². The summed E-state index contributed by atoms with van der Waals surface area (Å²) in [6, 6.07) is 1.63. The number of aromatic nitrogens is 1. The second-order valence-corrected chi connectivity index (χ2v) is 10.4. The summed E-state index contributed by atoms with van der Waals surface area (Å²) in [7, 11) is 0. The topological polar surface area (TPSA) is 68.5 Å². The maximum atomic E-state index is 13.8. The van der Waals surface area contributed by atoms with E-state index < -0.39 is 17.2 Å². The number of alkyl halides is 3. The van der Waals surface area contributed by atoms with Crippen molar-refractivity contribution in [1.82, 2.24) is 10.2 Å². The lowest BCUT2D eigenvalue weighted by Crippen LogP contribution is -2.51. The molecule has 1 N–H and O–H groups in total. The lowest BCUT2D eigenvalue weighted by Gasteiger charge is -2.39. The van der Waals surface area contributed by atoms with Gasteiger partial charge in [-0.1, -0.05) is 20.8 Å². The Bertz CT molecular complexity index is 892. The standard InChI is InChI=1S/C24H34F3N3O3/c1-15(2)23(7-4-19(11-23)28-20-6-9-33-14-16(20)3)22(31)29-8-5-21-17(12-29)10-18(13-30(21)32)24(25,26)27/h10,13,15-16,19-20,28H,4-9,11-12,14H2,1-3H3/t16-,19+,20+,23-/m0/s1. The molecule has 0 radical (unpaired) electrons. The van der Waals surface area contributed by atoms with E-state index in [1.807, 2.05) is 0 Å². The van der Waals surface area contributed by atoms with Crippen LogP contribution < -0.4 is 10.0 Å². The lowest BCUT2D eigenvalue weighted by atomic mass is 9.74. The zero-order valence-corrected chi connectivity index (χ0v) is 19.6. The van der Waals surface area contributed by atoms with Crippen LogP contribution in [0.15, 0.2) is 12.3 Å². The molecule has 0 spiro atoms. The molecule has 0 unspecified atom stereocenters. The molecule has 1 aromatic rings. The van der Waals surface area contributed by atoms with Gasteiger partial charge in [-0.15, -0.1) is 0 Å². The van der Waals surface area contributed by atoms with E-state index in [1.165, 1.54) is 0 Å². The minimum atomic E-state index is -4.60. The number of carbonyl (C=O) groups excluding carboxylic acids is 1. The molecule has 33 heavy (non-hydrogen) atoms. The fourth-order valence-electron chi connectivity index (χ4n) is 5.84. The first kappa shape index (κ1) is 24.3. The highest BCUT2D eigenvalue weighted by Gasteiger charge is 2.50. The van der Waals surface area contributed by atoms with Gasteiger partial charge in [0.1, 0.15) is 5.56 Å². The molecule has 184 valence electrons. The normalized spacial score (nSPS) is 30.5. The summed E-state index contributed by atoms with van der Waals surface area (Å²) in [6.07, 6.45) is -0.405. The number of halogens is 3. The molecular formula is C24H34F3N3O3. The SMILES string of the molecule is CC(C)[C@]1(C(=O)N2CCc3c(cc(C(F)(F)F)c[n+]3[O-])C2)CC[C@@H](N[C@@H]2CCOC[C@@H]2C)C1. The summed E-state index contributed by atoms with van der Waals surface area (Å²) >= 11 is 0. The molecule has 1 amide bonds. The Kier molecular flexibility index (Phi) is 6.66. The van der Waals surface area contributed by atoms with E-state index in [-0.39, 0.29) is 30.8 Å². The van der Waals surface area contributed by atoms with Crippen LogP contribution in [0.25, 0.3) is 0 Å². The summed E-state index contributed by atoms with van der Waals surface area (Å²) < 4.78 is 45.5. The summed E-state index contributed by atoms with van der Waals surface area (Å²) in [5.74, 6) is 0.530. The van der Waals surface area contributed by atoms with E-state index >= 15 is 0 Å². The van der Waals surface area contributed by atoms with Crippen molar-refractivity contribution in [3.05, 3.63) is 34.3 Å². The van der Waals surface area contributed by atoms with Crippen molar-refractivity contribution in [2.24, 2.45) is 17.3 Å². The summed E-state index contributed by atoms with van der Waals surface area (Å²) in [5, 5.41) is 16.0. The van der Waals surface area contributed by atoms with Crippen LogP contribution in [0, 0.1) is 22.5 Å². The number of carbonyl (C=O) groups is 1. The minimum Gasteiger partial charge on any atom is -0.618 e. The van der Waals surface area contributed by atoms with Gasteiger partial charge in [-0.05, 0) is 43.6 Å². The largest absolute Gasteiger partial charge is 0.618 e. The fraction of sp³-hybridized carbons (Fsp3) is 0.750. The van der Waals surface area contributed by atoms with Crippen LogP contribution in [0.5, 0.6) is 0 Å². The monoisotopic (exact) mass is 469 g/mol. The third-order valence-corrected chi connectivity index (χ3v) is 7.99. The summed E-state index contributed by atoms with van der Waals surface area (Å²) in [4.78, 5) is 15.5. The molecule has 2 fully saturated rings. The Morgan fingerprint density at radius 2 is 2.12 bits per heavy atom. The third-order valence-electron chi connectivity index (χ3n) is 7.99. The van der Waals surface area contributed by atoms with Gasteiger partial charge in [-0.2, -0.15) is 17.9 Å². The molecule has 0 bridgehead atoms. The first-order chi connectivity index (χ1) is 15.5. The van der Waals surface area contributed by atoms with Gasteiger partial charge in [0, 0.05) is 30.8 Å². The number of pyridine rings is 1. The second kappa shape index (κ2) is 9.06. The molecule has 3 heterocycles. The molecule has 1 aliphatic carbocycles. The fourth-order valence-corrected chi connectivity index (χ4v) is 5.84. The average Bonchev–Trinajstić information content (AvgIpc) is 3.19. The Labute approximate surface area is 193 Å². The predicted molar refractivity (Wildman–Crippen MR) is 116 cm³/mol. The van der Waals surface area contributed by atoms with Gasteiger partial charge >= 0.3 is 6.18 Å². The molecule has 3 aliphatic rings. The first-order valence-corrected chi connectivity index (χ1v) is 12.0. The van der Waals surface area contributed by atoms with Crippen molar-refractivity contribution in [3.8, 4) is 0 Å². The molecule has 0 aromatic carbocycles. The van der Waals surface area contributed by atoms with E-state index in [4.69, 9.17) is 4.74 Å². The Morgan fingerprint density at radius 3 is 2.79 bits per heavy atom. The number of amides is 1. The molecule has 1 saturated heterocycles. The van der Waals surface area contributed by atoms with E-state index in [0.29, 0.717) is 40.7 Å². The molecule has 1 saturated carbocycles.